The maximum atomic E-state index is 13.5. The molecule has 8 aliphatic heterocycles. The van der Waals surface area contributed by atoms with E-state index in [4.69, 9.17) is 75.8 Å². The Bertz CT molecular complexity index is 3100. The fraction of sp³-hybridized carbons (Fsp3) is 0.952. The van der Waals surface area contributed by atoms with E-state index in [0.717, 1.165) is 58.3 Å². The zero-order chi connectivity index (χ0) is 94.3. The molecule has 129 heavy (non-hydrogen) atoms. The van der Waals surface area contributed by atoms with E-state index in [-0.39, 0.29) is 12.3 Å². The number of hydrogen-bond donors (Lipinski definition) is 27. The summed E-state index contributed by atoms with van der Waals surface area (Å²) in [5, 5.41) is 286. The van der Waals surface area contributed by atoms with Crippen molar-refractivity contribution in [1.29, 1.82) is 0 Å². The molecule has 42 atom stereocenters. The van der Waals surface area contributed by atoms with Gasteiger partial charge in [-0.2, -0.15) is 0 Å². The first-order valence-electron chi connectivity index (χ1n) is 46.0. The molecule has 754 valence electrons. The number of hydrogen-bond acceptors (Lipinski definition) is 43. The Morgan fingerprint density at radius 1 is 0.302 bits per heavy atom. The summed E-state index contributed by atoms with van der Waals surface area (Å²) in [5.41, 5.74) is 0. The number of amides is 2. The molecule has 0 bridgehead atoms. The molecule has 8 fully saturated rings. The number of carbonyl (C=O) groups excluding carboxylic acids is 2. The Morgan fingerprint density at radius 3 is 0.891 bits per heavy atom. The molecular weight excluding hydrogens is 1720 g/mol. The third-order valence-corrected chi connectivity index (χ3v) is 25.1. The lowest BCUT2D eigenvalue weighted by atomic mass is 9.94. The van der Waals surface area contributed by atoms with Crippen LogP contribution in [0.25, 0.3) is 0 Å². The zero-order valence-electron chi connectivity index (χ0n) is 73.7. The van der Waals surface area contributed by atoms with Crippen LogP contribution in [0.15, 0.2) is 12.2 Å². The maximum Gasteiger partial charge on any atom is 0.220 e. The highest BCUT2D eigenvalue weighted by Crippen LogP contribution is 2.40. The van der Waals surface area contributed by atoms with Crippen molar-refractivity contribution in [2.75, 3.05) is 59.5 Å². The number of aliphatic hydroxyl groups is 25. The summed E-state index contributed by atoms with van der Waals surface area (Å²) in [6, 6.07) is -2.72. The lowest BCUT2D eigenvalue weighted by Gasteiger charge is -2.50. The van der Waals surface area contributed by atoms with Gasteiger partial charge in [0.2, 0.25) is 11.8 Å². The average molecular weight is 1880 g/mol. The van der Waals surface area contributed by atoms with Crippen molar-refractivity contribution in [3.63, 3.8) is 0 Å². The Balaban J connectivity index is 0.881. The predicted molar refractivity (Wildman–Crippen MR) is 438 cm³/mol. The van der Waals surface area contributed by atoms with Crippen LogP contribution >= 0.6 is 0 Å². The fourth-order valence-electron chi connectivity index (χ4n) is 17.3. The molecule has 0 aliphatic carbocycles. The zero-order valence-corrected chi connectivity index (χ0v) is 73.7. The van der Waals surface area contributed by atoms with E-state index in [0.29, 0.717) is 12.8 Å². The predicted octanol–water partition coefficient (Wildman–Crippen LogP) is -7.70. The summed E-state index contributed by atoms with van der Waals surface area (Å²) >= 11 is 0. The summed E-state index contributed by atoms with van der Waals surface area (Å²) in [6.07, 6.45) is -49.9. The molecule has 45 nitrogen and oxygen atoms in total. The van der Waals surface area contributed by atoms with Crippen LogP contribution in [0.5, 0.6) is 0 Å². The van der Waals surface area contributed by atoms with Gasteiger partial charge in [-0.1, -0.05) is 167 Å². The lowest BCUT2D eigenvalue weighted by Crippen LogP contribution is -2.69. The molecule has 16 unspecified atom stereocenters. The summed E-state index contributed by atoms with van der Waals surface area (Å²) < 4.78 is 92.9. The van der Waals surface area contributed by atoms with Crippen LogP contribution in [0.2, 0.25) is 0 Å². The van der Waals surface area contributed by atoms with Gasteiger partial charge in [0, 0.05) is 13.3 Å². The molecule has 0 spiro atoms. The number of rotatable bonds is 55. The van der Waals surface area contributed by atoms with E-state index in [1.165, 1.54) is 96.3 Å². The molecule has 8 rings (SSSR count). The minimum Gasteiger partial charge on any atom is -0.394 e. The third-order valence-electron chi connectivity index (χ3n) is 25.1. The van der Waals surface area contributed by atoms with Gasteiger partial charge in [0.05, 0.1) is 71.6 Å². The molecule has 27 N–H and O–H groups in total. The molecule has 0 aromatic heterocycles. The summed E-state index contributed by atoms with van der Waals surface area (Å²) in [7, 11) is 0. The number of aliphatic hydroxyl groups excluding tert-OH is 25. The SMILES string of the molecule is CCCCCCCCCCCCC/C=C/[C@@H](O)[C@H](CO[C@@H]1OC(CO)[C@@H](O[C@@H]2OC(CO)[C@H](O[C@@H]3OC(CO)[C@H](O)[C@H](O[C@H]4OC(CO)[C@H](O)[C@H](O[C@H]5OC(CO)[C@H](O)[C@H](O[C@H]6OC(CO)[C@H](O)[C@H](O[C@H]7OC(CO)[C@H](O)[C@H](O[C@@H]8OC(CO)[C@H](O)[C@H](O)C8NC(C)=O)C7O)C6O)C5O)C4O)C3O)[C@H](O)C2O)[C@H](O)C1O)NC(=O)CCCCCCCCCCCCCCC. The normalized spacial score (nSPS) is 41.1. The number of ether oxygens (including phenoxy) is 16. The maximum absolute atomic E-state index is 13.5. The number of carbonyl (C=O) groups is 2. The Labute approximate surface area is 749 Å². The Morgan fingerprint density at radius 2 is 0.566 bits per heavy atom. The number of allylic oxidation sites excluding steroid dienone is 1. The average Bonchev–Trinajstić information content (AvgIpc) is 0.762. The highest BCUT2D eigenvalue weighted by molar-refractivity contribution is 5.76. The van der Waals surface area contributed by atoms with Crippen molar-refractivity contribution in [3.8, 4) is 0 Å². The van der Waals surface area contributed by atoms with Gasteiger partial charge < -0.3 is 214 Å². The first-order chi connectivity index (χ1) is 61.9. The minimum atomic E-state index is -2.40. The fourth-order valence-corrected chi connectivity index (χ4v) is 17.3. The van der Waals surface area contributed by atoms with Crippen LogP contribution in [0.1, 0.15) is 188 Å². The molecule has 45 heteroatoms. The van der Waals surface area contributed by atoms with Crippen molar-refractivity contribution in [3.05, 3.63) is 12.2 Å². The van der Waals surface area contributed by atoms with Crippen molar-refractivity contribution in [2.24, 2.45) is 0 Å². The van der Waals surface area contributed by atoms with Crippen LogP contribution in [0, 0.1) is 0 Å². The Kier molecular flexibility index (Phi) is 49.0. The van der Waals surface area contributed by atoms with E-state index >= 15 is 0 Å². The second kappa shape index (κ2) is 56.8. The molecule has 8 aliphatic rings. The topological polar surface area (TPSA) is 712 Å². The lowest BCUT2D eigenvalue weighted by molar-refractivity contribution is -0.401. The van der Waals surface area contributed by atoms with Crippen LogP contribution in [-0.4, -0.2) is 457 Å². The standard InChI is InChI=1S/C84H150N2O43/c1-4-6-8-10-12-14-16-18-20-22-24-26-28-30-43(96)42(86-52(97)31-29-27-25-23-21-19-17-15-13-11-9-7-5-2)40-114-78-63(107)61(105)70(50(38-93)121-78)123-79-64(108)62(106)71(51(39-94)122-79)124-80-66(110)73(56(100)46(34-89)116-80)126-82-68(112)75(58(102)48(36-91)118-82)128-84-69(113)76(59(103)49(37-92)120-84)129-83-67(111)74(57(101)47(35-90)119-83)127-81-65(109)72(55(99)45(33-88)117-81)125-77-53(85-41(3)95)60(104)54(98)44(32-87)115-77/h28,30,42-51,53-84,87-94,96,98-113H,4-27,29,31-40H2,1-3H3,(H,85,95)(H,86,97)/b30-28+/t42-,43+,44?,45?,46?,47?,48?,49?,50?,51?,53?,54-,55-,56-,57-,58-,59-,60+,61+,62+,63?,64?,65?,66?,67?,68?,69?,70+,71-,72-,73-,74-,75-,76-,77-,78+,79-,80-,81+,82+,83+,84+/m0/s1. The Hall–Kier alpha value is -2.96. The molecule has 8 saturated heterocycles. The number of nitrogens with one attached hydrogen (secondary N) is 2. The van der Waals surface area contributed by atoms with E-state index < -0.39 is 323 Å². The van der Waals surface area contributed by atoms with Gasteiger partial charge in [-0.15, -0.1) is 0 Å². The molecule has 0 aromatic carbocycles. The van der Waals surface area contributed by atoms with Crippen molar-refractivity contribution in [2.45, 2.75) is 445 Å². The quantitative estimate of drug-likeness (QED) is 0.0199. The first-order valence-corrected chi connectivity index (χ1v) is 46.0. The van der Waals surface area contributed by atoms with E-state index in [9.17, 15) is 137 Å². The van der Waals surface area contributed by atoms with E-state index in [1.54, 1.807) is 6.08 Å². The smallest absolute Gasteiger partial charge is 0.220 e. The largest absolute Gasteiger partial charge is 0.394 e. The van der Waals surface area contributed by atoms with Crippen LogP contribution in [0.3, 0.4) is 0 Å². The second-order valence-corrected chi connectivity index (χ2v) is 34.8. The van der Waals surface area contributed by atoms with Gasteiger partial charge in [-0.25, -0.2) is 0 Å². The van der Waals surface area contributed by atoms with Gasteiger partial charge in [-0.05, 0) is 19.3 Å². The summed E-state index contributed by atoms with van der Waals surface area (Å²) in [6.45, 7) is -3.52. The van der Waals surface area contributed by atoms with Crippen molar-refractivity contribution in [1.82, 2.24) is 10.6 Å². The van der Waals surface area contributed by atoms with Gasteiger partial charge in [0.15, 0.2) is 50.3 Å². The number of unbranched alkanes of at least 4 members (excludes halogenated alkanes) is 23. The first kappa shape index (κ1) is 111. The van der Waals surface area contributed by atoms with Gasteiger partial charge in [0.25, 0.3) is 0 Å². The van der Waals surface area contributed by atoms with E-state index in [2.05, 4.69) is 24.5 Å². The van der Waals surface area contributed by atoms with E-state index in [1.807, 2.05) is 6.08 Å². The molecule has 0 radical (unpaired) electrons. The highest BCUT2D eigenvalue weighted by Gasteiger charge is 2.60. The second-order valence-electron chi connectivity index (χ2n) is 34.8. The van der Waals surface area contributed by atoms with Gasteiger partial charge >= 0.3 is 0 Å². The van der Waals surface area contributed by atoms with Crippen molar-refractivity contribution < 1.29 is 213 Å². The molecule has 2 amide bonds. The molecular formula is C84H150N2O43. The molecule has 8 heterocycles. The third kappa shape index (κ3) is 30.8. The van der Waals surface area contributed by atoms with Crippen LogP contribution in [0.4, 0.5) is 0 Å². The van der Waals surface area contributed by atoms with Gasteiger partial charge in [0.1, 0.15) is 195 Å². The van der Waals surface area contributed by atoms with Crippen LogP contribution in [-0.2, 0) is 85.4 Å². The highest BCUT2D eigenvalue weighted by atomic mass is 16.8. The van der Waals surface area contributed by atoms with Crippen LogP contribution < -0.4 is 10.6 Å². The molecule has 0 saturated carbocycles. The van der Waals surface area contributed by atoms with Gasteiger partial charge in [-0.3, -0.25) is 9.59 Å². The minimum absolute atomic E-state index is 0.162. The summed E-state index contributed by atoms with van der Waals surface area (Å²) in [5.74, 6) is -1.14. The molecule has 0 aromatic rings. The summed E-state index contributed by atoms with van der Waals surface area (Å²) in [4.78, 5) is 25.7. The monoisotopic (exact) mass is 1870 g/mol. The van der Waals surface area contributed by atoms with Crippen molar-refractivity contribution >= 4 is 11.8 Å².